The summed E-state index contributed by atoms with van der Waals surface area (Å²) in [7, 11) is 0. The van der Waals surface area contributed by atoms with E-state index in [-0.39, 0.29) is 11.6 Å². The van der Waals surface area contributed by atoms with E-state index in [1.165, 1.54) is 89.9 Å². The molecule has 0 aliphatic carbocycles. The fourth-order valence-corrected chi connectivity index (χ4v) is 5.82. The lowest BCUT2D eigenvalue weighted by Gasteiger charge is -2.25. The Bertz CT molecular complexity index is 739. The highest BCUT2D eigenvalue weighted by atomic mass is 16.3. The average molecular weight is 649 g/mol. The SMILES string of the molecule is CCCCCCCCCCCC(=O)C(O)C(C)(C)C=NCCCCCCN=CC(C)(C)C(O)C(=O)CCCCCCCCCCC. The number of unbranched alkanes of at least 4 members (excludes halogenated alkanes) is 19. The van der Waals surface area contributed by atoms with Crippen LogP contribution in [0.1, 0.15) is 196 Å². The molecule has 6 nitrogen and oxygen atoms in total. The number of ketones is 2. The van der Waals surface area contributed by atoms with Gasteiger partial charge < -0.3 is 10.2 Å². The fraction of sp³-hybridized carbons (Fsp3) is 0.900. The molecular weight excluding hydrogens is 572 g/mol. The van der Waals surface area contributed by atoms with E-state index in [1.54, 1.807) is 12.4 Å². The lowest BCUT2D eigenvalue weighted by Crippen LogP contribution is -2.37. The van der Waals surface area contributed by atoms with Crippen molar-refractivity contribution in [2.75, 3.05) is 13.1 Å². The minimum absolute atomic E-state index is 0.0705. The van der Waals surface area contributed by atoms with E-state index < -0.39 is 23.0 Å². The third-order valence-corrected chi connectivity index (χ3v) is 9.25. The zero-order valence-electron chi connectivity index (χ0n) is 31.3. The van der Waals surface area contributed by atoms with Crippen LogP contribution in [0, 0.1) is 10.8 Å². The Labute approximate surface area is 285 Å². The molecule has 0 amide bonds. The first-order chi connectivity index (χ1) is 22.0. The monoisotopic (exact) mass is 649 g/mol. The van der Waals surface area contributed by atoms with Gasteiger partial charge in [0.2, 0.25) is 0 Å². The van der Waals surface area contributed by atoms with Gasteiger partial charge in [-0.25, -0.2) is 0 Å². The molecule has 0 aliphatic heterocycles. The molecule has 0 spiro atoms. The Hall–Kier alpha value is -1.40. The van der Waals surface area contributed by atoms with E-state index in [9.17, 15) is 19.8 Å². The quantitative estimate of drug-likeness (QED) is 0.0546. The van der Waals surface area contributed by atoms with Gasteiger partial charge >= 0.3 is 0 Å². The zero-order chi connectivity index (χ0) is 34.5. The third kappa shape index (κ3) is 23.8. The van der Waals surface area contributed by atoms with Crippen LogP contribution in [0.5, 0.6) is 0 Å². The van der Waals surface area contributed by atoms with Gasteiger partial charge in [-0.1, -0.05) is 157 Å². The van der Waals surface area contributed by atoms with Crippen LogP contribution in [0.15, 0.2) is 9.98 Å². The van der Waals surface area contributed by atoms with Gasteiger partial charge in [-0.3, -0.25) is 19.6 Å². The molecule has 2 atom stereocenters. The number of hydrogen-bond acceptors (Lipinski definition) is 6. The van der Waals surface area contributed by atoms with Gasteiger partial charge in [-0.15, -0.1) is 0 Å². The van der Waals surface area contributed by atoms with Crippen LogP contribution in [0.2, 0.25) is 0 Å². The summed E-state index contributed by atoms with van der Waals surface area (Å²) in [6, 6.07) is 0. The summed E-state index contributed by atoms with van der Waals surface area (Å²) in [5.41, 5.74) is -1.31. The van der Waals surface area contributed by atoms with Gasteiger partial charge in [-0.2, -0.15) is 0 Å². The number of carbonyl (C=O) groups excluding carboxylic acids is 2. The van der Waals surface area contributed by atoms with E-state index in [0.29, 0.717) is 25.9 Å². The van der Waals surface area contributed by atoms with Crippen molar-refractivity contribution in [1.82, 2.24) is 0 Å². The molecule has 0 aromatic rings. The molecule has 270 valence electrons. The Kier molecular flexibility index (Phi) is 27.7. The molecule has 0 heterocycles. The number of aliphatic hydroxyl groups excluding tert-OH is 2. The topological polar surface area (TPSA) is 99.3 Å². The standard InChI is InChI=1S/C40H76N2O4/c1-7-9-11-13-15-17-19-21-25-29-35(43)37(45)39(3,4)33-41-31-27-23-24-28-32-42-34-40(5,6)38(46)36(44)30-26-22-20-18-16-14-12-10-8-2/h33-34,37-38,45-46H,7-32H2,1-6H3. The van der Waals surface area contributed by atoms with Crippen molar-refractivity contribution in [3.05, 3.63) is 0 Å². The van der Waals surface area contributed by atoms with Crippen molar-refractivity contribution >= 4 is 24.0 Å². The van der Waals surface area contributed by atoms with E-state index in [4.69, 9.17) is 0 Å². The molecule has 2 unspecified atom stereocenters. The van der Waals surface area contributed by atoms with E-state index in [2.05, 4.69) is 23.8 Å². The van der Waals surface area contributed by atoms with Gasteiger partial charge in [0.05, 0.1) is 0 Å². The van der Waals surface area contributed by atoms with Crippen molar-refractivity contribution in [1.29, 1.82) is 0 Å². The van der Waals surface area contributed by atoms with E-state index in [0.717, 1.165) is 51.4 Å². The van der Waals surface area contributed by atoms with Gasteiger partial charge in [0, 0.05) is 49.2 Å². The third-order valence-electron chi connectivity index (χ3n) is 9.25. The van der Waals surface area contributed by atoms with Crippen molar-refractivity contribution in [2.45, 2.75) is 208 Å². The van der Waals surface area contributed by atoms with Gasteiger partial charge in [0.15, 0.2) is 11.6 Å². The number of carbonyl (C=O) groups is 2. The highest BCUT2D eigenvalue weighted by Gasteiger charge is 2.32. The number of aliphatic hydroxyl groups is 2. The Balaban J connectivity index is 4.03. The summed E-state index contributed by atoms with van der Waals surface area (Å²) in [5, 5.41) is 21.2. The molecule has 2 N–H and O–H groups in total. The maximum absolute atomic E-state index is 12.5. The van der Waals surface area contributed by atoms with E-state index in [1.807, 2.05) is 27.7 Å². The number of Topliss-reactive ketones (excluding diaryl/α,β-unsaturated/α-hetero) is 2. The Morgan fingerprint density at radius 3 is 1.04 bits per heavy atom. The molecule has 0 fully saturated rings. The highest BCUT2D eigenvalue weighted by molar-refractivity contribution is 5.88. The van der Waals surface area contributed by atoms with Gasteiger partial charge in [-0.05, 0) is 25.7 Å². The van der Waals surface area contributed by atoms with Crippen LogP contribution in [0.3, 0.4) is 0 Å². The molecule has 6 heteroatoms. The molecule has 0 radical (unpaired) electrons. The molecular formula is C40H76N2O4. The second kappa shape index (κ2) is 28.6. The minimum atomic E-state index is -1.00. The summed E-state index contributed by atoms with van der Waals surface area (Å²) in [6.07, 6.45) is 28.2. The normalized spacial score (nSPS) is 14.0. The van der Waals surface area contributed by atoms with Crippen molar-refractivity contribution in [2.24, 2.45) is 20.8 Å². The van der Waals surface area contributed by atoms with Crippen LogP contribution < -0.4 is 0 Å². The van der Waals surface area contributed by atoms with Crippen molar-refractivity contribution in [3.8, 4) is 0 Å². The first-order valence-corrected chi connectivity index (χ1v) is 19.4. The lowest BCUT2D eigenvalue weighted by atomic mass is 9.84. The number of nitrogens with zero attached hydrogens (tertiary/aromatic N) is 2. The molecule has 0 bridgehead atoms. The minimum Gasteiger partial charge on any atom is -0.384 e. The van der Waals surface area contributed by atoms with Crippen molar-refractivity contribution < 1.29 is 19.8 Å². The maximum atomic E-state index is 12.5. The first-order valence-electron chi connectivity index (χ1n) is 19.4. The molecule has 0 rings (SSSR count). The summed E-state index contributed by atoms with van der Waals surface area (Å²) < 4.78 is 0. The Morgan fingerprint density at radius 2 is 0.739 bits per heavy atom. The Morgan fingerprint density at radius 1 is 0.478 bits per heavy atom. The number of rotatable bonds is 33. The second-order valence-corrected chi connectivity index (χ2v) is 15.0. The molecule has 0 saturated carbocycles. The molecule has 0 aliphatic rings. The summed E-state index contributed by atoms with van der Waals surface area (Å²) >= 11 is 0. The molecule has 0 aromatic carbocycles. The summed E-state index contributed by atoms with van der Waals surface area (Å²) in [5.74, 6) is -0.141. The number of hydrogen-bond donors (Lipinski definition) is 2. The van der Waals surface area contributed by atoms with Crippen LogP contribution >= 0.6 is 0 Å². The van der Waals surface area contributed by atoms with Crippen LogP contribution in [-0.2, 0) is 9.59 Å². The summed E-state index contributed by atoms with van der Waals surface area (Å²) in [6.45, 7) is 13.4. The molecule has 0 aromatic heterocycles. The smallest absolute Gasteiger partial charge is 0.162 e. The predicted octanol–water partition coefficient (Wildman–Crippen LogP) is 10.4. The lowest BCUT2D eigenvalue weighted by molar-refractivity contribution is -0.131. The average Bonchev–Trinajstić information content (AvgIpc) is 3.02. The summed E-state index contributed by atoms with van der Waals surface area (Å²) in [4.78, 5) is 34.1. The maximum Gasteiger partial charge on any atom is 0.162 e. The molecule has 0 saturated heterocycles. The van der Waals surface area contributed by atoms with Crippen LogP contribution in [-0.4, -0.2) is 59.5 Å². The fourth-order valence-electron chi connectivity index (χ4n) is 5.82. The van der Waals surface area contributed by atoms with E-state index >= 15 is 0 Å². The van der Waals surface area contributed by atoms with Crippen LogP contribution in [0.4, 0.5) is 0 Å². The largest absolute Gasteiger partial charge is 0.384 e. The number of aliphatic imine (C=N–C) groups is 2. The zero-order valence-corrected chi connectivity index (χ0v) is 31.3. The first kappa shape index (κ1) is 44.6. The van der Waals surface area contributed by atoms with Gasteiger partial charge in [0.1, 0.15) is 12.2 Å². The van der Waals surface area contributed by atoms with Crippen molar-refractivity contribution in [3.63, 3.8) is 0 Å². The highest BCUT2D eigenvalue weighted by Crippen LogP contribution is 2.23. The molecule has 46 heavy (non-hydrogen) atoms. The van der Waals surface area contributed by atoms with Crippen LogP contribution in [0.25, 0.3) is 0 Å². The second-order valence-electron chi connectivity index (χ2n) is 15.0. The predicted molar refractivity (Wildman–Crippen MR) is 198 cm³/mol. The van der Waals surface area contributed by atoms with Gasteiger partial charge in [0.25, 0.3) is 0 Å².